The van der Waals surface area contributed by atoms with Crippen LogP contribution in [0.1, 0.15) is 28.1 Å². The van der Waals surface area contributed by atoms with E-state index in [2.05, 4.69) is 25.6 Å². The molecule has 0 saturated heterocycles. The van der Waals surface area contributed by atoms with Crippen molar-refractivity contribution in [1.82, 2.24) is 20.6 Å². The number of nitrogens with one attached hydrogen (secondary N) is 2. The molecule has 2 N–H and O–H groups in total. The number of rotatable bonds is 8. The maximum atomic E-state index is 5.87. The molecule has 0 bridgehead atoms. The van der Waals surface area contributed by atoms with Gasteiger partial charge in [0.05, 0.1) is 23.9 Å². The third kappa shape index (κ3) is 7.35. The van der Waals surface area contributed by atoms with Crippen LogP contribution < -0.4 is 20.1 Å². The number of para-hydroxylation sites is 2. The summed E-state index contributed by atoms with van der Waals surface area (Å²) in [5.74, 6) is 2.60. The van der Waals surface area contributed by atoms with Crippen molar-refractivity contribution in [3.8, 4) is 17.4 Å². The SMILES string of the molecule is CCOc1ccccc1Oc1ccc(CNC(=NC)NCc2sc(C)nc2C)cn1.I. The minimum Gasteiger partial charge on any atom is -0.490 e. The molecule has 166 valence electrons. The lowest BCUT2D eigenvalue weighted by Gasteiger charge is -2.12. The lowest BCUT2D eigenvalue weighted by molar-refractivity contribution is 0.319. The van der Waals surface area contributed by atoms with Crippen molar-refractivity contribution >= 4 is 41.3 Å². The van der Waals surface area contributed by atoms with Crippen LogP contribution in [-0.4, -0.2) is 29.6 Å². The normalized spacial score (nSPS) is 10.9. The van der Waals surface area contributed by atoms with Crippen LogP contribution in [0.2, 0.25) is 0 Å². The Balaban J connectivity index is 0.00000341. The summed E-state index contributed by atoms with van der Waals surface area (Å²) >= 11 is 1.70. The van der Waals surface area contributed by atoms with Gasteiger partial charge in [0.2, 0.25) is 5.88 Å². The fourth-order valence-corrected chi connectivity index (χ4v) is 3.68. The highest BCUT2D eigenvalue weighted by atomic mass is 127. The van der Waals surface area contributed by atoms with Crippen LogP contribution in [0, 0.1) is 13.8 Å². The van der Waals surface area contributed by atoms with Crippen molar-refractivity contribution < 1.29 is 9.47 Å². The van der Waals surface area contributed by atoms with E-state index in [-0.39, 0.29) is 24.0 Å². The Kier molecular flexibility index (Phi) is 9.99. The van der Waals surface area contributed by atoms with Crippen molar-refractivity contribution in [2.75, 3.05) is 13.7 Å². The molecule has 31 heavy (non-hydrogen) atoms. The number of benzene rings is 1. The van der Waals surface area contributed by atoms with Crippen molar-refractivity contribution in [3.63, 3.8) is 0 Å². The second-order valence-electron chi connectivity index (χ2n) is 6.51. The summed E-state index contributed by atoms with van der Waals surface area (Å²) in [6, 6.07) is 11.4. The zero-order chi connectivity index (χ0) is 21.3. The summed E-state index contributed by atoms with van der Waals surface area (Å²) in [6.07, 6.45) is 1.79. The minimum atomic E-state index is 0. The van der Waals surface area contributed by atoms with Crippen LogP contribution in [-0.2, 0) is 13.1 Å². The summed E-state index contributed by atoms with van der Waals surface area (Å²) < 4.78 is 11.5. The molecule has 3 aromatic rings. The molecule has 0 radical (unpaired) electrons. The highest BCUT2D eigenvalue weighted by Gasteiger charge is 2.08. The average Bonchev–Trinajstić information content (AvgIpc) is 3.08. The van der Waals surface area contributed by atoms with Crippen molar-refractivity contribution in [1.29, 1.82) is 0 Å². The highest BCUT2D eigenvalue weighted by Crippen LogP contribution is 2.30. The maximum Gasteiger partial charge on any atom is 0.219 e. The van der Waals surface area contributed by atoms with Gasteiger partial charge in [-0.15, -0.1) is 35.3 Å². The summed E-state index contributed by atoms with van der Waals surface area (Å²) in [5.41, 5.74) is 2.08. The van der Waals surface area contributed by atoms with E-state index in [9.17, 15) is 0 Å². The Labute approximate surface area is 204 Å². The molecule has 2 heterocycles. The Morgan fingerprint density at radius 2 is 1.81 bits per heavy atom. The fourth-order valence-electron chi connectivity index (χ4n) is 2.81. The number of guanidine groups is 1. The zero-order valence-electron chi connectivity index (χ0n) is 18.1. The standard InChI is InChI=1S/C22H27N5O2S.HI/c1-5-28-18-8-6-7-9-19(18)29-21-11-10-17(12-24-21)13-25-22(23-4)26-14-20-15(2)27-16(3)30-20;/h6-12H,5,13-14H2,1-4H3,(H2,23,25,26);1H. The van der Waals surface area contributed by atoms with Gasteiger partial charge < -0.3 is 20.1 Å². The molecule has 0 atom stereocenters. The van der Waals surface area contributed by atoms with E-state index in [0.717, 1.165) is 22.2 Å². The van der Waals surface area contributed by atoms with Gasteiger partial charge in [-0.05, 0) is 38.5 Å². The van der Waals surface area contributed by atoms with Crippen LogP contribution in [0.15, 0.2) is 47.6 Å². The van der Waals surface area contributed by atoms with E-state index in [1.807, 2.05) is 57.2 Å². The molecule has 1 aromatic carbocycles. The Hall–Kier alpha value is -2.40. The van der Waals surface area contributed by atoms with E-state index in [0.29, 0.717) is 37.1 Å². The maximum absolute atomic E-state index is 5.87. The molecular weight excluding hydrogens is 525 g/mol. The quantitative estimate of drug-likeness (QED) is 0.236. The first-order chi connectivity index (χ1) is 14.6. The van der Waals surface area contributed by atoms with Crippen LogP contribution in [0.3, 0.4) is 0 Å². The summed E-state index contributed by atoms with van der Waals surface area (Å²) in [5, 5.41) is 7.70. The average molecular weight is 553 g/mol. The molecule has 0 aliphatic heterocycles. The Morgan fingerprint density at radius 3 is 2.42 bits per heavy atom. The second-order valence-corrected chi connectivity index (χ2v) is 7.80. The van der Waals surface area contributed by atoms with Gasteiger partial charge in [-0.3, -0.25) is 4.99 Å². The van der Waals surface area contributed by atoms with Gasteiger partial charge in [0, 0.05) is 30.7 Å². The molecule has 2 aromatic heterocycles. The molecule has 3 rings (SSSR count). The third-order valence-corrected chi connectivity index (χ3v) is 5.33. The van der Waals surface area contributed by atoms with Crippen LogP contribution in [0.5, 0.6) is 17.4 Å². The van der Waals surface area contributed by atoms with Gasteiger partial charge in [-0.1, -0.05) is 18.2 Å². The number of thiazole rings is 1. The molecule has 0 fully saturated rings. The molecule has 0 amide bonds. The number of pyridine rings is 1. The number of aromatic nitrogens is 2. The number of aryl methyl sites for hydroxylation is 2. The molecular formula is C22H28IN5O2S. The van der Waals surface area contributed by atoms with Gasteiger partial charge in [0.25, 0.3) is 0 Å². The number of hydrogen-bond donors (Lipinski definition) is 2. The fraction of sp³-hybridized carbons (Fsp3) is 0.318. The lowest BCUT2D eigenvalue weighted by atomic mass is 10.3. The first-order valence-corrected chi connectivity index (χ1v) is 10.6. The summed E-state index contributed by atoms with van der Waals surface area (Å²) in [7, 11) is 1.76. The van der Waals surface area contributed by atoms with Crippen LogP contribution in [0.25, 0.3) is 0 Å². The molecule has 0 unspecified atom stereocenters. The van der Waals surface area contributed by atoms with E-state index >= 15 is 0 Å². The number of hydrogen-bond acceptors (Lipinski definition) is 6. The van der Waals surface area contributed by atoms with Gasteiger partial charge in [0.15, 0.2) is 17.5 Å². The van der Waals surface area contributed by atoms with E-state index in [4.69, 9.17) is 9.47 Å². The third-order valence-electron chi connectivity index (χ3n) is 4.26. The van der Waals surface area contributed by atoms with E-state index < -0.39 is 0 Å². The smallest absolute Gasteiger partial charge is 0.219 e. The predicted molar refractivity (Wildman–Crippen MR) is 136 cm³/mol. The topological polar surface area (TPSA) is 80.7 Å². The number of halogens is 1. The first-order valence-electron chi connectivity index (χ1n) is 9.81. The zero-order valence-corrected chi connectivity index (χ0v) is 21.3. The van der Waals surface area contributed by atoms with Crippen molar-refractivity contribution in [3.05, 3.63) is 63.7 Å². The van der Waals surface area contributed by atoms with Crippen molar-refractivity contribution in [2.45, 2.75) is 33.9 Å². The van der Waals surface area contributed by atoms with Crippen molar-refractivity contribution in [2.24, 2.45) is 4.99 Å². The van der Waals surface area contributed by atoms with Crippen LogP contribution >= 0.6 is 35.3 Å². The summed E-state index contributed by atoms with van der Waals surface area (Å²) in [6.45, 7) is 7.86. The largest absolute Gasteiger partial charge is 0.490 e. The molecule has 7 nitrogen and oxygen atoms in total. The molecule has 9 heteroatoms. The lowest BCUT2D eigenvalue weighted by Crippen LogP contribution is -2.36. The highest BCUT2D eigenvalue weighted by molar-refractivity contribution is 14.0. The van der Waals surface area contributed by atoms with Crippen LogP contribution in [0.4, 0.5) is 0 Å². The minimum absolute atomic E-state index is 0. The number of ether oxygens (including phenoxy) is 2. The second kappa shape index (κ2) is 12.5. The van der Waals surface area contributed by atoms with E-state index in [1.165, 1.54) is 4.88 Å². The van der Waals surface area contributed by atoms with Gasteiger partial charge in [-0.25, -0.2) is 9.97 Å². The van der Waals surface area contributed by atoms with Gasteiger partial charge in [0.1, 0.15) is 0 Å². The first kappa shape index (κ1) is 24.9. The molecule has 0 saturated carbocycles. The van der Waals surface area contributed by atoms with Gasteiger partial charge >= 0.3 is 0 Å². The summed E-state index contributed by atoms with van der Waals surface area (Å²) in [4.78, 5) is 14.3. The van der Waals surface area contributed by atoms with Gasteiger partial charge in [-0.2, -0.15) is 0 Å². The number of aliphatic imine (C=N–C) groups is 1. The molecule has 0 aliphatic carbocycles. The monoisotopic (exact) mass is 553 g/mol. The molecule has 0 aliphatic rings. The Morgan fingerprint density at radius 1 is 1.06 bits per heavy atom. The van der Waals surface area contributed by atoms with E-state index in [1.54, 1.807) is 24.6 Å². The Bertz CT molecular complexity index is 992. The molecule has 0 spiro atoms. The number of nitrogens with zero attached hydrogens (tertiary/aromatic N) is 3. The predicted octanol–water partition coefficient (Wildman–Crippen LogP) is 4.83.